The van der Waals surface area contributed by atoms with Crippen LogP contribution in [0.2, 0.25) is 0 Å². The number of benzene rings is 1. The van der Waals surface area contributed by atoms with Gasteiger partial charge in [-0.15, -0.1) is 0 Å². The lowest BCUT2D eigenvalue weighted by Gasteiger charge is -2.05. The molecule has 2 rings (SSSR count). The van der Waals surface area contributed by atoms with E-state index in [2.05, 4.69) is 36.7 Å². The Morgan fingerprint density at radius 2 is 1.52 bits per heavy atom. The first-order chi connectivity index (χ1) is 13.3. The molecule has 0 aliphatic heterocycles. The van der Waals surface area contributed by atoms with Crippen LogP contribution >= 0.6 is 0 Å². The molecule has 0 spiro atoms. The molecule has 1 aromatic heterocycles. The molecular formula is C25H33NO. The molecule has 2 nitrogen and oxygen atoms in total. The van der Waals surface area contributed by atoms with Crippen molar-refractivity contribution in [1.29, 1.82) is 0 Å². The summed E-state index contributed by atoms with van der Waals surface area (Å²) in [5.74, 6) is 7.25. The molecule has 0 N–H and O–H groups in total. The van der Waals surface area contributed by atoms with Gasteiger partial charge in [-0.2, -0.15) is 0 Å². The van der Waals surface area contributed by atoms with Crippen LogP contribution in [0.3, 0.4) is 0 Å². The minimum atomic E-state index is 0.791. The predicted molar refractivity (Wildman–Crippen MR) is 114 cm³/mol. The summed E-state index contributed by atoms with van der Waals surface area (Å²) in [6, 6.07) is 12.2. The van der Waals surface area contributed by atoms with Crippen LogP contribution in [0.5, 0.6) is 5.75 Å². The Labute approximate surface area is 165 Å². The van der Waals surface area contributed by atoms with Crippen LogP contribution in [0.4, 0.5) is 0 Å². The van der Waals surface area contributed by atoms with Crippen molar-refractivity contribution >= 4 is 0 Å². The molecule has 2 heteroatoms. The van der Waals surface area contributed by atoms with Gasteiger partial charge in [-0.25, -0.2) is 4.98 Å². The van der Waals surface area contributed by atoms with Crippen molar-refractivity contribution in [3.63, 3.8) is 0 Å². The largest absolute Gasteiger partial charge is 0.494 e. The fraction of sp³-hybridized carbons (Fsp3) is 0.480. The first kappa shape index (κ1) is 21.0. The SMILES string of the molecule is CCCCCCOc1ccc(C#Cc2ccc(CCCCCC)cn2)cc1. The highest BCUT2D eigenvalue weighted by molar-refractivity contribution is 5.42. The Hall–Kier alpha value is -2.27. The highest BCUT2D eigenvalue weighted by Crippen LogP contribution is 2.13. The van der Waals surface area contributed by atoms with Crippen LogP contribution in [0, 0.1) is 11.8 Å². The van der Waals surface area contributed by atoms with Gasteiger partial charge in [-0.3, -0.25) is 0 Å². The maximum Gasteiger partial charge on any atom is 0.119 e. The van der Waals surface area contributed by atoms with E-state index < -0.39 is 0 Å². The second-order valence-electron chi connectivity index (χ2n) is 7.05. The fourth-order valence-corrected chi connectivity index (χ4v) is 2.89. The van der Waals surface area contributed by atoms with Crippen molar-refractivity contribution in [3.8, 4) is 17.6 Å². The van der Waals surface area contributed by atoms with Gasteiger partial charge in [0, 0.05) is 11.8 Å². The average molecular weight is 364 g/mol. The standard InChI is InChI=1S/C25H33NO/c1-3-5-7-9-11-23-13-17-24(26-21-23)16-12-22-14-18-25(19-15-22)27-20-10-8-6-4-2/h13-15,17-19,21H,3-11,20H2,1-2H3. The zero-order valence-electron chi connectivity index (χ0n) is 17.0. The van der Waals surface area contributed by atoms with Gasteiger partial charge in [-0.05, 0) is 61.1 Å². The summed E-state index contributed by atoms with van der Waals surface area (Å²) >= 11 is 0. The lowest BCUT2D eigenvalue weighted by Crippen LogP contribution is -1.96. The van der Waals surface area contributed by atoms with E-state index in [0.29, 0.717) is 0 Å². The lowest BCUT2D eigenvalue weighted by atomic mass is 10.1. The molecule has 144 valence electrons. The molecule has 0 bridgehead atoms. The number of nitrogens with zero attached hydrogens (tertiary/aromatic N) is 1. The molecule has 0 aliphatic rings. The summed E-state index contributed by atoms with van der Waals surface area (Å²) in [5.41, 5.74) is 3.11. The molecule has 1 heterocycles. The van der Waals surface area contributed by atoms with Crippen molar-refractivity contribution < 1.29 is 4.74 Å². The average Bonchev–Trinajstić information content (AvgIpc) is 2.71. The highest BCUT2D eigenvalue weighted by atomic mass is 16.5. The summed E-state index contributed by atoms with van der Waals surface area (Å²) in [5, 5.41) is 0. The van der Waals surface area contributed by atoms with Gasteiger partial charge >= 0.3 is 0 Å². The third kappa shape index (κ3) is 8.78. The third-order valence-electron chi connectivity index (χ3n) is 4.60. The molecule has 0 atom stereocenters. The minimum Gasteiger partial charge on any atom is -0.494 e. The molecule has 27 heavy (non-hydrogen) atoms. The van der Waals surface area contributed by atoms with Crippen LogP contribution in [0.25, 0.3) is 0 Å². The Morgan fingerprint density at radius 3 is 2.19 bits per heavy atom. The molecule has 0 aliphatic carbocycles. The van der Waals surface area contributed by atoms with E-state index in [9.17, 15) is 0 Å². The Balaban J connectivity index is 1.79. The van der Waals surface area contributed by atoms with Gasteiger partial charge in [-0.1, -0.05) is 64.4 Å². The number of pyridine rings is 1. The van der Waals surface area contributed by atoms with E-state index in [1.165, 1.54) is 50.5 Å². The van der Waals surface area contributed by atoms with Crippen LogP contribution < -0.4 is 4.74 Å². The second kappa shape index (κ2) is 13.0. The van der Waals surface area contributed by atoms with E-state index in [1.807, 2.05) is 36.5 Å². The zero-order valence-corrected chi connectivity index (χ0v) is 17.0. The fourth-order valence-electron chi connectivity index (χ4n) is 2.89. The minimum absolute atomic E-state index is 0.791. The second-order valence-corrected chi connectivity index (χ2v) is 7.05. The van der Waals surface area contributed by atoms with E-state index in [1.54, 1.807) is 0 Å². The van der Waals surface area contributed by atoms with Crippen molar-refractivity contribution in [1.82, 2.24) is 4.98 Å². The quantitative estimate of drug-likeness (QED) is 0.333. The molecular weight excluding hydrogens is 330 g/mol. The molecule has 0 amide bonds. The van der Waals surface area contributed by atoms with E-state index in [-0.39, 0.29) is 0 Å². The highest BCUT2D eigenvalue weighted by Gasteiger charge is 1.96. The maximum absolute atomic E-state index is 5.77. The molecule has 0 saturated carbocycles. The van der Waals surface area contributed by atoms with Gasteiger partial charge in [0.05, 0.1) is 6.61 Å². The number of hydrogen-bond acceptors (Lipinski definition) is 2. The normalized spacial score (nSPS) is 10.3. The smallest absolute Gasteiger partial charge is 0.119 e. The number of aryl methyl sites for hydroxylation is 1. The predicted octanol–water partition coefficient (Wildman–Crippen LogP) is 6.56. The van der Waals surface area contributed by atoms with E-state index in [4.69, 9.17) is 4.74 Å². The van der Waals surface area contributed by atoms with Gasteiger partial charge in [0.25, 0.3) is 0 Å². The maximum atomic E-state index is 5.77. The molecule has 1 aromatic carbocycles. The first-order valence-corrected chi connectivity index (χ1v) is 10.5. The number of hydrogen-bond donors (Lipinski definition) is 0. The van der Waals surface area contributed by atoms with Crippen LogP contribution in [0.15, 0.2) is 42.6 Å². The lowest BCUT2D eigenvalue weighted by molar-refractivity contribution is 0.305. The van der Waals surface area contributed by atoms with Crippen LogP contribution in [-0.2, 0) is 6.42 Å². The Morgan fingerprint density at radius 1 is 0.778 bits per heavy atom. The first-order valence-electron chi connectivity index (χ1n) is 10.5. The summed E-state index contributed by atoms with van der Waals surface area (Å²) in [7, 11) is 0. The zero-order chi connectivity index (χ0) is 19.2. The van der Waals surface area contributed by atoms with Gasteiger partial charge in [0.2, 0.25) is 0 Å². The molecule has 0 radical (unpaired) electrons. The van der Waals surface area contributed by atoms with Crippen LogP contribution in [0.1, 0.15) is 82.0 Å². The summed E-state index contributed by atoms with van der Waals surface area (Å²) < 4.78 is 5.77. The molecule has 0 fully saturated rings. The van der Waals surface area contributed by atoms with Crippen molar-refractivity contribution in [3.05, 3.63) is 59.4 Å². The van der Waals surface area contributed by atoms with Gasteiger partial charge in [0.15, 0.2) is 0 Å². The van der Waals surface area contributed by atoms with E-state index >= 15 is 0 Å². The number of ether oxygens (including phenoxy) is 1. The summed E-state index contributed by atoms with van der Waals surface area (Å²) in [6.45, 7) is 5.25. The summed E-state index contributed by atoms with van der Waals surface area (Å²) in [4.78, 5) is 4.48. The van der Waals surface area contributed by atoms with Crippen molar-refractivity contribution in [2.45, 2.75) is 71.6 Å². The summed E-state index contributed by atoms with van der Waals surface area (Å²) in [6.07, 6.45) is 13.1. The number of rotatable bonds is 11. The number of aromatic nitrogens is 1. The van der Waals surface area contributed by atoms with Gasteiger partial charge < -0.3 is 4.74 Å². The van der Waals surface area contributed by atoms with Gasteiger partial charge in [0.1, 0.15) is 11.4 Å². The van der Waals surface area contributed by atoms with E-state index in [0.717, 1.165) is 36.5 Å². The van der Waals surface area contributed by atoms with Crippen molar-refractivity contribution in [2.75, 3.05) is 6.61 Å². The number of unbranched alkanes of at least 4 members (excludes halogenated alkanes) is 6. The topological polar surface area (TPSA) is 22.1 Å². The molecule has 2 aromatic rings. The van der Waals surface area contributed by atoms with Crippen LogP contribution in [-0.4, -0.2) is 11.6 Å². The Bertz CT molecular complexity index is 692. The Kier molecular flexibility index (Phi) is 10.1. The van der Waals surface area contributed by atoms with Crippen molar-refractivity contribution in [2.24, 2.45) is 0 Å². The molecule has 0 unspecified atom stereocenters. The molecule has 0 saturated heterocycles. The third-order valence-corrected chi connectivity index (χ3v) is 4.60. The monoisotopic (exact) mass is 363 g/mol.